The fraction of sp³-hybridized carbons (Fsp3) is 0.389. The zero-order chi connectivity index (χ0) is 39.2. The van der Waals surface area contributed by atoms with Gasteiger partial charge in [0.05, 0.1) is 42.4 Å². The summed E-state index contributed by atoms with van der Waals surface area (Å²) in [7, 11) is -3.94. The number of rotatable bonds is 15. The third kappa shape index (κ3) is 9.70. The van der Waals surface area contributed by atoms with Gasteiger partial charge in [0.25, 0.3) is 11.2 Å². The quantitative estimate of drug-likeness (QED) is 0.0704. The van der Waals surface area contributed by atoms with Crippen LogP contribution in [0.5, 0.6) is 0 Å². The van der Waals surface area contributed by atoms with Crippen LogP contribution in [0.2, 0.25) is 0 Å². The molecule has 0 amide bonds. The predicted molar refractivity (Wildman–Crippen MR) is 194 cm³/mol. The molecule has 18 heteroatoms. The maximum Gasteiger partial charge on any atom is 0.416 e. The van der Waals surface area contributed by atoms with Gasteiger partial charge in [0, 0.05) is 62.7 Å². The Bertz CT molecular complexity index is 2120. The number of aromatic nitrogens is 2. The molecule has 13 nitrogen and oxygen atoms in total. The van der Waals surface area contributed by atoms with Gasteiger partial charge in [0.1, 0.15) is 11.5 Å². The van der Waals surface area contributed by atoms with Crippen LogP contribution in [0.3, 0.4) is 0 Å². The van der Waals surface area contributed by atoms with Gasteiger partial charge in [-0.1, -0.05) is 48.5 Å². The normalized spacial score (nSPS) is 15.6. The fourth-order valence-electron chi connectivity index (χ4n) is 6.60. The second kappa shape index (κ2) is 17.2. The number of alkyl halides is 3. The molecule has 1 fully saturated rings. The van der Waals surface area contributed by atoms with Crippen molar-refractivity contribution in [3.63, 3.8) is 0 Å². The number of halogens is 4. The summed E-state index contributed by atoms with van der Waals surface area (Å²) in [5.41, 5.74) is -2.31. The van der Waals surface area contributed by atoms with E-state index >= 15 is 4.39 Å². The lowest BCUT2D eigenvalue weighted by Gasteiger charge is -2.37. The number of nitro benzene ring substituents is 1. The Morgan fingerprint density at radius 3 is 2.31 bits per heavy atom. The van der Waals surface area contributed by atoms with Gasteiger partial charge >= 0.3 is 19.5 Å². The molecule has 1 aliphatic heterocycles. The number of hydrogen-bond donors (Lipinski definition) is 2. The summed E-state index contributed by atoms with van der Waals surface area (Å²) in [5.74, 6) is -1.17. The third-order valence-corrected chi connectivity index (χ3v) is 10.7. The Kier molecular flexibility index (Phi) is 12.9. The van der Waals surface area contributed by atoms with Crippen LogP contribution in [0.4, 0.5) is 28.9 Å². The van der Waals surface area contributed by atoms with Crippen LogP contribution in [0.1, 0.15) is 40.9 Å². The predicted octanol–water partition coefficient (Wildman–Crippen LogP) is 5.31. The van der Waals surface area contributed by atoms with E-state index in [0.717, 1.165) is 27.3 Å². The van der Waals surface area contributed by atoms with Crippen molar-refractivity contribution < 1.29 is 36.5 Å². The van der Waals surface area contributed by atoms with Crippen molar-refractivity contribution in [2.45, 2.75) is 45.7 Å². The SMILES string of the molecule is CCOP(=O)(O)CCN[C@@H](Cn1c(=O)c(N2CCN(Cc3cccc([N+](=O)[O-])c3)CC2)c(C)n(Cc2c(F)cccc2C(F)(F)F)c1=O)c1ccccc1. The molecular formula is C36H41F4N6O7P. The largest absolute Gasteiger partial charge is 0.416 e. The van der Waals surface area contributed by atoms with Crippen molar-refractivity contribution in [1.82, 2.24) is 19.4 Å². The van der Waals surface area contributed by atoms with E-state index in [1.54, 1.807) is 54.3 Å². The Hall–Kier alpha value is -4.67. The Morgan fingerprint density at radius 1 is 0.981 bits per heavy atom. The number of non-ortho nitro benzene ring substituents is 1. The van der Waals surface area contributed by atoms with Gasteiger partial charge in [-0.3, -0.25) is 33.5 Å². The summed E-state index contributed by atoms with van der Waals surface area (Å²) in [5, 5.41) is 14.4. The maximum atomic E-state index is 15.2. The highest BCUT2D eigenvalue weighted by Crippen LogP contribution is 2.41. The van der Waals surface area contributed by atoms with Crippen molar-refractivity contribution in [1.29, 1.82) is 0 Å². The molecule has 0 spiro atoms. The first-order valence-corrected chi connectivity index (χ1v) is 19.0. The molecule has 4 aromatic rings. The van der Waals surface area contributed by atoms with E-state index in [1.165, 1.54) is 19.1 Å². The van der Waals surface area contributed by atoms with Crippen LogP contribution >= 0.6 is 7.60 Å². The van der Waals surface area contributed by atoms with Crippen molar-refractivity contribution in [3.8, 4) is 0 Å². The number of nitrogens with one attached hydrogen (secondary N) is 1. The molecule has 5 rings (SSSR count). The van der Waals surface area contributed by atoms with Gasteiger partial charge in [0.15, 0.2) is 0 Å². The van der Waals surface area contributed by atoms with E-state index in [2.05, 4.69) is 5.32 Å². The van der Waals surface area contributed by atoms with Gasteiger partial charge in [0.2, 0.25) is 0 Å². The fourth-order valence-corrected chi connectivity index (χ4v) is 7.54. The number of benzene rings is 3. The molecule has 2 N–H and O–H groups in total. The van der Waals surface area contributed by atoms with Crippen LogP contribution < -0.4 is 21.5 Å². The summed E-state index contributed by atoms with van der Waals surface area (Å²) < 4.78 is 76.7. The molecule has 1 unspecified atom stereocenters. The van der Waals surface area contributed by atoms with Crippen LogP contribution in [0, 0.1) is 22.9 Å². The number of nitrogens with zero attached hydrogens (tertiary/aromatic N) is 5. The molecular weight excluding hydrogens is 735 g/mol. The minimum atomic E-state index is -4.93. The van der Waals surface area contributed by atoms with Gasteiger partial charge in [-0.25, -0.2) is 9.18 Å². The Labute approximate surface area is 308 Å². The molecule has 54 heavy (non-hydrogen) atoms. The van der Waals surface area contributed by atoms with Gasteiger partial charge < -0.3 is 19.6 Å². The first-order valence-electron chi connectivity index (χ1n) is 17.2. The highest BCUT2D eigenvalue weighted by Gasteiger charge is 2.35. The average Bonchev–Trinajstić information content (AvgIpc) is 3.12. The highest BCUT2D eigenvalue weighted by molar-refractivity contribution is 7.52. The molecule has 3 aromatic carbocycles. The molecule has 0 bridgehead atoms. The van der Waals surface area contributed by atoms with Crippen molar-refractivity contribution >= 4 is 19.0 Å². The molecule has 1 saturated heterocycles. The van der Waals surface area contributed by atoms with E-state index in [-0.39, 0.29) is 56.0 Å². The van der Waals surface area contributed by atoms with Gasteiger partial charge in [-0.05, 0) is 37.1 Å². The monoisotopic (exact) mass is 776 g/mol. The summed E-state index contributed by atoms with van der Waals surface area (Å²) in [6.45, 7) is 3.55. The van der Waals surface area contributed by atoms with Crippen molar-refractivity contribution in [2.24, 2.45) is 0 Å². The number of piperazine rings is 1. The molecule has 0 radical (unpaired) electrons. The van der Waals surface area contributed by atoms with Crippen LogP contribution in [-0.2, 0) is 34.9 Å². The first kappa shape index (κ1) is 40.5. The van der Waals surface area contributed by atoms with Gasteiger partial charge in [-0.2, -0.15) is 13.2 Å². The summed E-state index contributed by atoms with van der Waals surface area (Å²) in [6, 6.07) is 16.7. The Morgan fingerprint density at radius 2 is 1.67 bits per heavy atom. The molecule has 1 aliphatic rings. The van der Waals surface area contributed by atoms with Gasteiger partial charge in [-0.15, -0.1) is 0 Å². The number of hydrogen-bond acceptors (Lipinski definition) is 9. The van der Waals surface area contributed by atoms with E-state index < -0.39 is 59.5 Å². The number of nitro groups is 1. The first-order chi connectivity index (χ1) is 25.6. The zero-order valence-corrected chi connectivity index (χ0v) is 30.6. The average molecular weight is 777 g/mol. The smallest absolute Gasteiger partial charge is 0.363 e. The lowest BCUT2D eigenvalue weighted by molar-refractivity contribution is -0.384. The second-order valence-corrected chi connectivity index (χ2v) is 14.8. The van der Waals surface area contributed by atoms with Crippen molar-refractivity contribution in [3.05, 3.63) is 138 Å². The van der Waals surface area contributed by atoms with Crippen LogP contribution in [-0.4, -0.2) is 69.3 Å². The third-order valence-electron chi connectivity index (χ3n) is 9.30. The topological polar surface area (TPSA) is 152 Å². The van der Waals surface area contributed by atoms with E-state index in [4.69, 9.17) is 4.52 Å². The van der Waals surface area contributed by atoms with E-state index in [1.807, 2.05) is 4.90 Å². The minimum Gasteiger partial charge on any atom is -0.363 e. The highest BCUT2D eigenvalue weighted by atomic mass is 31.2. The molecule has 290 valence electrons. The van der Waals surface area contributed by atoms with Crippen molar-refractivity contribution in [2.75, 3.05) is 50.4 Å². The molecule has 2 atom stereocenters. The summed E-state index contributed by atoms with van der Waals surface area (Å²) in [6.07, 6.45) is -5.21. The standard InChI is InChI=1S/C36H41F4N6O7P/c1-3-53-54(51,52)20-15-41-32(27-10-5-4-6-11-27)24-45-34(47)33(43-18-16-42(17-19-43)22-26-9-7-12-28(21-26)46(49)50)25(2)44(35(45)48)23-29-30(36(38,39)40)13-8-14-31(29)37/h4-14,21,32,41H,3,15-20,22-24H2,1-2H3,(H,51,52)/t32-/m0/s1. The van der Waals surface area contributed by atoms with E-state index in [9.17, 15) is 42.3 Å². The molecule has 2 heterocycles. The van der Waals surface area contributed by atoms with E-state index in [0.29, 0.717) is 30.8 Å². The summed E-state index contributed by atoms with van der Waals surface area (Å²) >= 11 is 0. The van der Waals surface area contributed by atoms with Crippen LogP contribution in [0.25, 0.3) is 0 Å². The molecule has 1 aromatic heterocycles. The number of anilines is 1. The van der Waals surface area contributed by atoms with Crippen LogP contribution in [0.15, 0.2) is 82.4 Å². The summed E-state index contributed by atoms with van der Waals surface area (Å²) in [4.78, 5) is 53.4. The lowest BCUT2D eigenvalue weighted by atomic mass is 10.1. The second-order valence-electron chi connectivity index (χ2n) is 12.9. The minimum absolute atomic E-state index is 0.0120. The zero-order valence-electron chi connectivity index (χ0n) is 29.7. The lowest BCUT2D eigenvalue weighted by Crippen LogP contribution is -2.51. The maximum absolute atomic E-state index is 15.2. The Balaban J connectivity index is 1.54. The molecule has 0 aliphatic carbocycles. The molecule has 0 saturated carbocycles.